The van der Waals surface area contributed by atoms with Crippen molar-refractivity contribution < 1.29 is 14.4 Å². The lowest BCUT2D eigenvalue weighted by molar-refractivity contribution is 0.0949. The first-order valence-electron chi connectivity index (χ1n) is 12.7. The summed E-state index contributed by atoms with van der Waals surface area (Å²) in [6.07, 6.45) is 0. The zero-order chi connectivity index (χ0) is 26.8. The number of nitrogens with one attached hydrogen (secondary N) is 2. The number of benzene rings is 5. The zero-order valence-corrected chi connectivity index (χ0v) is 21.0. The summed E-state index contributed by atoms with van der Waals surface area (Å²) < 4.78 is 0. The van der Waals surface area contributed by atoms with E-state index in [9.17, 15) is 14.4 Å². The van der Waals surface area contributed by atoms with E-state index in [1.54, 1.807) is 48.5 Å². The molecular weight excluding hydrogens is 484 g/mol. The second-order valence-electron chi connectivity index (χ2n) is 9.38. The van der Waals surface area contributed by atoms with Crippen LogP contribution >= 0.6 is 0 Å². The van der Waals surface area contributed by atoms with Crippen LogP contribution in [0.5, 0.6) is 0 Å². The lowest BCUT2D eigenvalue weighted by Gasteiger charge is -2.11. The van der Waals surface area contributed by atoms with Crippen LogP contribution in [0.4, 0.5) is 5.69 Å². The molecule has 1 aliphatic rings. The Morgan fingerprint density at radius 1 is 0.590 bits per heavy atom. The predicted octanol–water partition coefficient (Wildman–Crippen LogP) is 6.75. The predicted molar refractivity (Wildman–Crippen MR) is 153 cm³/mol. The fourth-order valence-electron chi connectivity index (χ4n) is 4.93. The minimum Gasteiger partial charge on any atom is -0.348 e. The van der Waals surface area contributed by atoms with E-state index in [0.29, 0.717) is 40.0 Å². The highest BCUT2D eigenvalue weighted by molar-refractivity contribution is 6.25. The molecule has 0 radical (unpaired) electrons. The summed E-state index contributed by atoms with van der Waals surface area (Å²) >= 11 is 0. The van der Waals surface area contributed by atoms with Crippen LogP contribution in [0.15, 0.2) is 121 Å². The number of fused-ring (bicyclic) bond motifs is 3. The number of hydrogen-bond acceptors (Lipinski definition) is 3. The van der Waals surface area contributed by atoms with Gasteiger partial charge in [-0.05, 0) is 46.5 Å². The molecule has 2 N–H and O–H groups in total. The molecule has 0 aliphatic heterocycles. The molecule has 0 fully saturated rings. The minimum atomic E-state index is -0.340. The molecule has 2 amide bonds. The average molecular weight is 509 g/mol. The van der Waals surface area contributed by atoms with Gasteiger partial charge in [-0.15, -0.1) is 0 Å². The molecule has 0 aromatic heterocycles. The number of carbonyl (C=O) groups excluding carboxylic acids is 3. The van der Waals surface area contributed by atoms with Crippen LogP contribution in [0.25, 0.3) is 22.3 Å². The van der Waals surface area contributed by atoms with Crippen molar-refractivity contribution in [2.45, 2.75) is 6.54 Å². The number of amides is 2. The molecule has 5 heteroatoms. The van der Waals surface area contributed by atoms with Crippen molar-refractivity contribution in [3.8, 4) is 22.3 Å². The molecule has 5 nitrogen and oxygen atoms in total. The van der Waals surface area contributed by atoms with Crippen molar-refractivity contribution in [3.05, 3.63) is 149 Å². The van der Waals surface area contributed by atoms with Gasteiger partial charge in [0.25, 0.3) is 11.8 Å². The SMILES string of the molecule is O=C(NCc1ccc(-c2ccccc2)cc1)c1cccc(NC(=O)c2cccc3c2-c2ccccc2C3=O)c1. The van der Waals surface area contributed by atoms with Crippen molar-refractivity contribution in [2.75, 3.05) is 5.32 Å². The molecule has 5 aromatic carbocycles. The quantitative estimate of drug-likeness (QED) is 0.261. The van der Waals surface area contributed by atoms with E-state index < -0.39 is 0 Å². The van der Waals surface area contributed by atoms with Gasteiger partial charge in [0.05, 0.1) is 0 Å². The van der Waals surface area contributed by atoms with Crippen LogP contribution in [0.1, 0.15) is 42.2 Å². The Morgan fingerprint density at radius 2 is 1.26 bits per heavy atom. The molecule has 6 rings (SSSR count). The fraction of sp³-hybridized carbons (Fsp3) is 0.0294. The minimum absolute atomic E-state index is 0.0800. The summed E-state index contributed by atoms with van der Waals surface area (Å²) in [5, 5.41) is 5.84. The Balaban J connectivity index is 1.14. The van der Waals surface area contributed by atoms with E-state index in [4.69, 9.17) is 0 Å². The fourth-order valence-corrected chi connectivity index (χ4v) is 4.93. The largest absolute Gasteiger partial charge is 0.348 e. The van der Waals surface area contributed by atoms with Gasteiger partial charge in [-0.25, -0.2) is 0 Å². The zero-order valence-electron chi connectivity index (χ0n) is 21.0. The second-order valence-corrected chi connectivity index (χ2v) is 9.38. The van der Waals surface area contributed by atoms with Crippen molar-refractivity contribution in [2.24, 2.45) is 0 Å². The molecule has 39 heavy (non-hydrogen) atoms. The van der Waals surface area contributed by atoms with E-state index in [-0.39, 0.29) is 17.6 Å². The van der Waals surface area contributed by atoms with Gasteiger partial charge in [-0.3, -0.25) is 14.4 Å². The first kappa shape index (κ1) is 24.1. The normalized spacial score (nSPS) is 11.4. The van der Waals surface area contributed by atoms with Crippen molar-refractivity contribution in [1.29, 1.82) is 0 Å². The Kier molecular flexibility index (Phi) is 6.31. The molecule has 188 valence electrons. The van der Waals surface area contributed by atoms with Crippen molar-refractivity contribution in [1.82, 2.24) is 5.32 Å². The standard InChI is InChI=1S/C34H24N2O3/c37-32-28-13-5-4-12-27(28)31-29(32)14-7-15-30(31)34(39)36-26-11-6-10-25(20-26)33(38)35-21-22-16-18-24(19-17-22)23-8-2-1-3-9-23/h1-20H,21H2,(H,35,38)(H,36,39). The lowest BCUT2D eigenvalue weighted by atomic mass is 9.99. The molecule has 1 aliphatic carbocycles. The first-order valence-corrected chi connectivity index (χ1v) is 12.7. The maximum atomic E-state index is 13.3. The summed E-state index contributed by atoms with van der Waals surface area (Å²) in [6.45, 7) is 0.383. The van der Waals surface area contributed by atoms with Gasteiger partial charge in [0.1, 0.15) is 0 Å². The molecule has 0 heterocycles. The van der Waals surface area contributed by atoms with Gasteiger partial charge in [0, 0.05) is 40.0 Å². The third kappa shape index (κ3) is 4.74. The Morgan fingerprint density at radius 3 is 2.05 bits per heavy atom. The van der Waals surface area contributed by atoms with Crippen LogP contribution in [0.2, 0.25) is 0 Å². The molecule has 0 saturated heterocycles. The summed E-state index contributed by atoms with van der Waals surface area (Å²) in [6, 6.07) is 37.5. The molecule has 0 unspecified atom stereocenters. The number of ketones is 1. The van der Waals surface area contributed by atoms with Crippen LogP contribution < -0.4 is 10.6 Å². The monoisotopic (exact) mass is 508 g/mol. The molecule has 0 bridgehead atoms. The van der Waals surface area contributed by atoms with Gasteiger partial charge < -0.3 is 10.6 Å². The highest BCUT2D eigenvalue weighted by Crippen LogP contribution is 2.39. The van der Waals surface area contributed by atoms with E-state index >= 15 is 0 Å². The third-order valence-corrected chi connectivity index (χ3v) is 6.89. The van der Waals surface area contributed by atoms with E-state index in [2.05, 4.69) is 22.8 Å². The summed E-state index contributed by atoms with van der Waals surface area (Å²) in [7, 11) is 0. The van der Waals surface area contributed by atoms with Gasteiger partial charge in [-0.2, -0.15) is 0 Å². The molecule has 5 aromatic rings. The molecule has 0 saturated carbocycles. The third-order valence-electron chi connectivity index (χ3n) is 6.89. The number of rotatable bonds is 6. The Bertz CT molecular complexity index is 1720. The number of hydrogen-bond donors (Lipinski definition) is 2. The van der Waals surface area contributed by atoms with Crippen LogP contribution in [-0.2, 0) is 6.54 Å². The number of carbonyl (C=O) groups is 3. The Hall–Kier alpha value is -5.29. The highest BCUT2D eigenvalue weighted by atomic mass is 16.2. The van der Waals surface area contributed by atoms with E-state index in [0.717, 1.165) is 22.3 Å². The highest BCUT2D eigenvalue weighted by Gasteiger charge is 2.30. The summed E-state index contributed by atoms with van der Waals surface area (Å²) in [5.74, 6) is -0.658. The smallest absolute Gasteiger partial charge is 0.256 e. The van der Waals surface area contributed by atoms with E-state index in [1.807, 2.05) is 60.7 Å². The van der Waals surface area contributed by atoms with Crippen LogP contribution in [0, 0.1) is 0 Å². The lowest BCUT2D eigenvalue weighted by Crippen LogP contribution is -2.23. The van der Waals surface area contributed by atoms with Crippen molar-refractivity contribution >= 4 is 23.3 Å². The van der Waals surface area contributed by atoms with Gasteiger partial charge in [-0.1, -0.05) is 97.1 Å². The average Bonchev–Trinajstić information content (AvgIpc) is 3.28. The van der Waals surface area contributed by atoms with Crippen LogP contribution in [0.3, 0.4) is 0 Å². The second kappa shape index (κ2) is 10.2. The summed E-state index contributed by atoms with van der Waals surface area (Å²) in [4.78, 5) is 39.0. The maximum absolute atomic E-state index is 13.3. The van der Waals surface area contributed by atoms with Gasteiger partial charge in [0.15, 0.2) is 5.78 Å². The molecule has 0 spiro atoms. The summed E-state index contributed by atoms with van der Waals surface area (Å²) in [5.41, 5.74) is 7.11. The van der Waals surface area contributed by atoms with Crippen molar-refractivity contribution in [3.63, 3.8) is 0 Å². The maximum Gasteiger partial charge on any atom is 0.256 e. The first-order chi connectivity index (χ1) is 19.1. The van der Waals surface area contributed by atoms with E-state index in [1.165, 1.54) is 0 Å². The molecule has 0 atom stereocenters. The Labute approximate surface area is 226 Å². The van der Waals surface area contributed by atoms with Crippen LogP contribution in [-0.4, -0.2) is 17.6 Å². The molecular formula is C34H24N2O3. The van der Waals surface area contributed by atoms with Gasteiger partial charge >= 0.3 is 0 Å². The number of anilines is 1. The van der Waals surface area contributed by atoms with Gasteiger partial charge in [0.2, 0.25) is 0 Å². The topological polar surface area (TPSA) is 75.3 Å².